The summed E-state index contributed by atoms with van der Waals surface area (Å²) in [5, 5.41) is 2.66. The fraction of sp³-hybridized carbons (Fsp3) is 0.417. The summed E-state index contributed by atoms with van der Waals surface area (Å²) < 4.78 is 0. The number of benzene rings is 1. The Morgan fingerprint density at radius 2 is 2.06 bits per heavy atom. The van der Waals surface area contributed by atoms with Crippen LogP contribution in [-0.4, -0.2) is 12.1 Å². The van der Waals surface area contributed by atoms with Crippen molar-refractivity contribution in [1.82, 2.24) is 0 Å². The summed E-state index contributed by atoms with van der Waals surface area (Å²) in [4.78, 5) is 10.9. The second-order valence-electron chi connectivity index (χ2n) is 4.48. The molecule has 1 aliphatic rings. The van der Waals surface area contributed by atoms with E-state index in [1.54, 1.807) is 0 Å². The van der Waals surface area contributed by atoms with Crippen LogP contribution in [0.15, 0.2) is 24.3 Å². The van der Waals surface area contributed by atoms with Gasteiger partial charge in [0, 0.05) is 17.1 Å². The van der Waals surface area contributed by atoms with Gasteiger partial charge < -0.3 is 16.8 Å². The zero-order valence-corrected chi connectivity index (χ0v) is 9.36. The monoisotopic (exact) mass is 219 g/mol. The average Bonchev–Trinajstić information content (AvgIpc) is 2.98. The van der Waals surface area contributed by atoms with E-state index >= 15 is 0 Å². The van der Waals surface area contributed by atoms with Crippen molar-refractivity contribution in [2.75, 3.05) is 5.32 Å². The molecule has 0 aromatic heterocycles. The van der Waals surface area contributed by atoms with Crippen LogP contribution in [0.5, 0.6) is 0 Å². The van der Waals surface area contributed by atoms with Crippen molar-refractivity contribution in [3.05, 3.63) is 29.8 Å². The third kappa shape index (κ3) is 1.76. The number of rotatable bonds is 3. The minimum absolute atomic E-state index is 0.0268. The third-order valence-electron chi connectivity index (χ3n) is 3.38. The van der Waals surface area contributed by atoms with E-state index in [9.17, 15) is 4.79 Å². The van der Waals surface area contributed by atoms with Gasteiger partial charge in [-0.25, -0.2) is 4.79 Å². The molecule has 1 aromatic carbocycles. The van der Waals surface area contributed by atoms with E-state index in [4.69, 9.17) is 11.5 Å². The summed E-state index contributed by atoms with van der Waals surface area (Å²) in [6.07, 6.45) is 2.14. The fourth-order valence-corrected chi connectivity index (χ4v) is 2.26. The van der Waals surface area contributed by atoms with Crippen molar-refractivity contribution in [2.24, 2.45) is 11.5 Å². The topological polar surface area (TPSA) is 81.1 Å². The Morgan fingerprint density at radius 3 is 2.56 bits per heavy atom. The van der Waals surface area contributed by atoms with Gasteiger partial charge in [-0.15, -0.1) is 0 Å². The van der Waals surface area contributed by atoms with Crippen LogP contribution >= 0.6 is 0 Å². The van der Waals surface area contributed by atoms with Crippen LogP contribution in [0.25, 0.3) is 0 Å². The second kappa shape index (κ2) is 3.79. The molecule has 1 aromatic rings. The Labute approximate surface area is 95.0 Å². The van der Waals surface area contributed by atoms with Gasteiger partial charge in [0.2, 0.25) is 0 Å². The molecule has 0 radical (unpaired) electrons. The number of amides is 2. The molecule has 0 aliphatic heterocycles. The molecule has 2 rings (SSSR count). The first-order chi connectivity index (χ1) is 7.56. The van der Waals surface area contributed by atoms with Crippen molar-refractivity contribution in [2.45, 2.75) is 31.2 Å². The Morgan fingerprint density at radius 1 is 1.44 bits per heavy atom. The number of nitrogens with two attached hydrogens (primary N) is 2. The Hall–Kier alpha value is -1.55. The third-order valence-corrected chi connectivity index (χ3v) is 3.38. The number of carbonyl (C=O) groups is 1. The molecule has 1 saturated carbocycles. The lowest BCUT2D eigenvalue weighted by Crippen LogP contribution is -2.33. The maximum Gasteiger partial charge on any atom is 0.316 e. The molecular formula is C12H17N3O. The van der Waals surface area contributed by atoms with E-state index < -0.39 is 6.03 Å². The van der Waals surface area contributed by atoms with Crippen molar-refractivity contribution in [1.29, 1.82) is 0 Å². The van der Waals surface area contributed by atoms with E-state index in [1.807, 2.05) is 31.2 Å². The van der Waals surface area contributed by atoms with Crippen LogP contribution < -0.4 is 16.8 Å². The summed E-state index contributed by atoms with van der Waals surface area (Å²) in [7, 11) is 0. The predicted octanol–water partition coefficient (Wildman–Crippen LogP) is 1.56. The first-order valence-corrected chi connectivity index (χ1v) is 5.48. The summed E-state index contributed by atoms with van der Waals surface area (Å²) in [6, 6.07) is 7.27. The first-order valence-electron chi connectivity index (χ1n) is 5.48. The number of urea groups is 1. The lowest BCUT2D eigenvalue weighted by atomic mass is 9.88. The van der Waals surface area contributed by atoms with E-state index in [-0.39, 0.29) is 11.5 Å². The zero-order chi connectivity index (χ0) is 11.8. The summed E-state index contributed by atoms with van der Waals surface area (Å²) in [5.74, 6) is 0. The fourth-order valence-electron chi connectivity index (χ4n) is 2.26. The normalized spacial score (nSPS) is 18.9. The second-order valence-corrected chi connectivity index (χ2v) is 4.48. The molecule has 2 amide bonds. The molecule has 4 nitrogen and oxygen atoms in total. The number of hydrogen-bond acceptors (Lipinski definition) is 2. The SMILES string of the molecule is CC(N)C1(c2ccccc2NC(N)=O)CC1. The van der Waals surface area contributed by atoms with Crippen LogP contribution in [-0.2, 0) is 5.41 Å². The highest BCUT2D eigenvalue weighted by Crippen LogP contribution is 2.52. The number of carbonyl (C=O) groups excluding carboxylic acids is 1. The first kappa shape index (κ1) is 11.0. The largest absolute Gasteiger partial charge is 0.351 e. The van der Waals surface area contributed by atoms with Crippen molar-refractivity contribution >= 4 is 11.7 Å². The van der Waals surface area contributed by atoms with Crippen LogP contribution in [0.2, 0.25) is 0 Å². The van der Waals surface area contributed by atoms with E-state index in [2.05, 4.69) is 5.32 Å². The molecule has 0 heterocycles. The Balaban J connectivity index is 2.37. The minimum atomic E-state index is -0.534. The number of nitrogens with one attached hydrogen (secondary N) is 1. The van der Waals surface area contributed by atoms with Crippen LogP contribution in [0.4, 0.5) is 10.5 Å². The summed E-state index contributed by atoms with van der Waals surface area (Å²) >= 11 is 0. The lowest BCUT2D eigenvalue weighted by molar-refractivity contribution is 0.259. The number of para-hydroxylation sites is 1. The number of primary amides is 1. The molecule has 5 N–H and O–H groups in total. The van der Waals surface area contributed by atoms with E-state index in [0.29, 0.717) is 0 Å². The van der Waals surface area contributed by atoms with Crippen molar-refractivity contribution in [3.63, 3.8) is 0 Å². The maximum atomic E-state index is 10.9. The van der Waals surface area contributed by atoms with Gasteiger partial charge in [-0.1, -0.05) is 18.2 Å². The Bertz CT molecular complexity index is 410. The standard InChI is InChI=1S/C12H17N3O/c1-8(13)12(6-7-12)9-4-2-3-5-10(9)15-11(14)16/h2-5,8H,6-7,13H2,1H3,(H3,14,15,16). The van der Waals surface area contributed by atoms with Gasteiger partial charge in [-0.2, -0.15) is 0 Å². The van der Waals surface area contributed by atoms with Gasteiger partial charge in [0.1, 0.15) is 0 Å². The Kier molecular flexibility index (Phi) is 2.59. The number of anilines is 1. The molecular weight excluding hydrogens is 202 g/mol. The molecule has 16 heavy (non-hydrogen) atoms. The highest BCUT2D eigenvalue weighted by Gasteiger charge is 2.48. The predicted molar refractivity (Wildman–Crippen MR) is 64.2 cm³/mol. The quantitative estimate of drug-likeness (QED) is 0.721. The van der Waals surface area contributed by atoms with Crippen molar-refractivity contribution < 1.29 is 4.79 Å². The molecule has 1 fully saturated rings. The van der Waals surface area contributed by atoms with Crippen LogP contribution in [0.3, 0.4) is 0 Å². The molecule has 0 bridgehead atoms. The molecule has 86 valence electrons. The van der Waals surface area contributed by atoms with Crippen molar-refractivity contribution in [3.8, 4) is 0 Å². The van der Waals surface area contributed by atoms with Crippen LogP contribution in [0, 0.1) is 0 Å². The lowest BCUT2D eigenvalue weighted by Gasteiger charge is -2.23. The van der Waals surface area contributed by atoms with Gasteiger partial charge in [0.05, 0.1) is 0 Å². The summed E-state index contributed by atoms with van der Waals surface area (Å²) in [6.45, 7) is 2.01. The molecule has 1 aliphatic carbocycles. The highest BCUT2D eigenvalue weighted by atomic mass is 16.2. The molecule has 0 spiro atoms. The molecule has 1 unspecified atom stereocenters. The average molecular weight is 219 g/mol. The van der Waals surface area contributed by atoms with Gasteiger partial charge in [0.25, 0.3) is 0 Å². The molecule has 4 heteroatoms. The maximum absolute atomic E-state index is 10.9. The van der Waals surface area contributed by atoms with Gasteiger partial charge in [0.15, 0.2) is 0 Å². The minimum Gasteiger partial charge on any atom is -0.351 e. The van der Waals surface area contributed by atoms with E-state index in [1.165, 1.54) is 0 Å². The smallest absolute Gasteiger partial charge is 0.316 e. The summed E-state index contributed by atoms with van der Waals surface area (Å²) in [5.41, 5.74) is 13.1. The van der Waals surface area contributed by atoms with Gasteiger partial charge in [-0.05, 0) is 31.4 Å². The molecule has 0 saturated heterocycles. The molecule has 1 atom stereocenters. The zero-order valence-electron chi connectivity index (χ0n) is 9.36. The van der Waals surface area contributed by atoms with Crippen LogP contribution in [0.1, 0.15) is 25.3 Å². The number of hydrogen-bond donors (Lipinski definition) is 3. The highest BCUT2D eigenvalue weighted by molar-refractivity contribution is 5.89. The van der Waals surface area contributed by atoms with Gasteiger partial charge >= 0.3 is 6.03 Å². The van der Waals surface area contributed by atoms with Gasteiger partial charge in [-0.3, -0.25) is 0 Å². The van der Waals surface area contributed by atoms with E-state index in [0.717, 1.165) is 24.1 Å².